The number of aromatic nitrogens is 2. The summed E-state index contributed by atoms with van der Waals surface area (Å²) in [7, 11) is 0. The fourth-order valence-electron chi connectivity index (χ4n) is 3.93. The Morgan fingerprint density at radius 2 is 1.47 bits per heavy atom. The van der Waals surface area contributed by atoms with Gasteiger partial charge in [0.1, 0.15) is 5.58 Å². The topological polar surface area (TPSA) is 38.9 Å². The summed E-state index contributed by atoms with van der Waals surface area (Å²) in [6, 6.07) is 30.8. The Labute approximate surface area is 225 Å². The first-order valence-electron chi connectivity index (χ1n) is 11.7. The molecule has 3 aromatic heterocycles. The number of fused-ring (bicyclic) bond motifs is 3. The minimum absolute atomic E-state index is 0. The number of furan rings is 1. The molecule has 0 aliphatic heterocycles. The zero-order valence-corrected chi connectivity index (χ0v) is 23.1. The van der Waals surface area contributed by atoms with Gasteiger partial charge in [-0.05, 0) is 49.4 Å². The van der Waals surface area contributed by atoms with Gasteiger partial charge in [0.05, 0.1) is 5.58 Å². The van der Waals surface area contributed by atoms with Crippen LogP contribution in [-0.2, 0) is 20.1 Å². The second kappa shape index (κ2) is 11.0. The molecule has 0 aliphatic rings. The predicted molar refractivity (Wildman–Crippen MR) is 143 cm³/mol. The summed E-state index contributed by atoms with van der Waals surface area (Å²) >= 11 is 0. The molecule has 3 aromatic carbocycles. The third kappa shape index (κ3) is 5.31. The monoisotopic (exact) mass is 647 g/mol. The third-order valence-electron chi connectivity index (χ3n) is 6.12. The molecule has 6 rings (SSSR count). The largest absolute Gasteiger partial charge is 0.501 e. The van der Waals surface area contributed by atoms with Crippen LogP contribution in [0.15, 0.2) is 89.6 Å². The molecule has 0 spiro atoms. The van der Waals surface area contributed by atoms with Gasteiger partial charge < -0.3 is 14.4 Å². The van der Waals surface area contributed by atoms with Gasteiger partial charge in [-0.2, -0.15) is 0 Å². The van der Waals surface area contributed by atoms with Crippen LogP contribution in [0.4, 0.5) is 0 Å². The van der Waals surface area contributed by atoms with Gasteiger partial charge >= 0.3 is 0 Å². The van der Waals surface area contributed by atoms with Crippen LogP contribution in [0.1, 0.15) is 22.3 Å². The van der Waals surface area contributed by atoms with Gasteiger partial charge in [0.25, 0.3) is 0 Å². The fourth-order valence-corrected chi connectivity index (χ4v) is 3.93. The normalized spacial score (nSPS) is 10.6. The van der Waals surface area contributed by atoms with Gasteiger partial charge in [0.2, 0.25) is 0 Å². The number of pyridine rings is 2. The van der Waals surface area contributed by atoms with Crippen molar-refractivity contribution in [2.24, 2.45) is 0 Å². The van der Waals surface area contributed by atoms with Gasteiger partial charge in [-0.1, -0.05) is 59.8 Å². The van der Waals surface area contributed by atoms with Crippen LogP contribution in [0.25, 0.3) is 44.5 Å². The molecule has 3 heterocycles. The van der Waals surface area contributed by atoms with Gasteiger partial charge in [0.15, 0.2) is 0 Å². The summed E-state index contributed by atoms with van der Waals surface area (Å²) in [6.45, 7) is 8.27. The molecule has 1 radical (unpaired) electrons. The molecule has 0 bridgehead atoms. The van der Waals surface area contributed by atoms with E-state index in [1.165, 1.54) is 16.7 Å². The van der Waals surface area contributed by atoms with E-state index in [0.717, 1.165) is 50.0 Å². The van der Waals surface area contributed by atoms with E-state index in [0.29, 0.717) is 0 Å². The number of para-hydroxylation sites is 1. The minimum atomic E-state index is 0. The number of nitrogens with zero attached hydrogens (tertiary/aromatic N) is 2. The first-order chi connectivity index (χ1) is 17.0. The summed E-state index contributed by atoms with van der Waals surface area (Å²) in [5.41, 5.74) is 10.5. The van der Waals surface area contributed by atoms with Crippen LogP contribution in [0, 0.1) is 39.8 Å². The molecule has 0 atom stereocenters. The molecule has 0 aliphatic carbocycles. The molecule has 0 amide bonds. The third-order valence-corrected chi connectivity index (χ3v) is 6.12. The van der Waals surface area contributed by atoms with E-state index in [9.17, 15) is 0 Å². The molecule has 36 heavy (non-hydrogen) atoms. The van der Waals surface area contributed by atoms with Crippen molar-refractivity contribution in [2.45, 2.75) is 27.7 Å². The summed E-state index contributed by atoms with van der Waals surface area (Å²) in [4.78, 5) is 8.89. The predicted octanol–water partition coefficient (Wildman–Crippen LogP) is 8.23. The van der Waals surface area contributed by atoms with Gasteiger partial charge in [-0.25, -0.2) is 0 Å². The first-order valence-corrected chi connectivity index (χ1v) is 11.7. The standard InChI is InChI=1S/C18H12NO.C14H14N.Ir/c1-12-9-10-16(19-11-12)15-7-4-6-14-13-5-2-3-8-17(13)20-18(14)15;1-10-4-6-13(7-5-10)14-8-11(2)12(3)9-15-14;/h2-6,8-11H,1H3;4-6,8-9H,1-3H3;/q2*-1;. The second-order valence-electron chi connectivity index (χ2n) is 8.85. The molecular formula is C32H26IrN2O-2. The Bertz CT molecular complexity index is 1620. The van der Waals surface area contributed by atoms with E-state index < -0.39 is 0 Å². The smallest absolute Gasteiger partial charge is 0.120 e. The van der Waals surface area contributed by atoms with E-state index in [2.05, 4.69) is 73.2 Å². The van der Waals surface area contributed by atoms with E-state index >= 15 is 0 Å². The average Bonchev–Trinajstić information content (AvgIpc) is 3.26. The quantitative estimate of drug-likeness (QED) is 0.178. The van der Waals surface area contributed by atoms with Crippen molar-refractivity contribution in [1.82, 2.24) is 9.97 Å². The average molecular weight is 647 g/mol. The second-order valence-corrected chi connectivity index (χ2v) is 8.85. The van der Waals surface area contributed by atoms with Crippen LogP contribution in [0.2, 0.25) is 0 Å². The van der Waals surface area contributed by atoms with Crippen molar-refractivity contribution < 1.29 is 24.5 Å². The molecular weight excluding hydrogens is 621 g/mol. The van der Waals surface area contributed by atoms with Crippen molar-refractivity contribution in [3.05, 3.63) is 120 Å². The number of aryl methyl sites for hydroxylation is 4. The number of hydrogen-bond acceptors (Lipinski definition) is 3. The van der Waals surface area contributed by atoms with Crippen LogP contribution in [-0.4, -0.2) is 9.97 Å². The summed E-state index contributed by atoms with van der Waals surface area (Å²) in [6.07, 6.45) is 3.78. The Balaban J connectivity index is 0.000000172. The van der Waals surface area contributed by atoms with Gasteiger partial charge in [-0.15, -0.1) is 53.6 Å². The van der Waals surface area contributed by atoms with Crippen molar-refractivity contribution in [1.29, 1.82) is 0 Å². The first kappa shape index (κ1) is 25.5. The van der Waals surface area contributed by atoms with Crippen LogP contribution in [0.5, 0.6) is 0 Å². The van der Waals surface area contributed by atoms with E-state index in [-0.39, 0.29) is 20.1 Å². The van der Waals surface area contributed by atoms with Crippen LogP contribution < -0.4 is 0 Å². The van der Waals surface area contributed by atoms with E-state index in [1.54, 1.807) is 0 Å². The summed E-state index contributed by atoms with van der Waals surface area (Å²) in [5, 5.41) is 2.24. The van der Waals surface area contributed by atoms with Gasteiger partial charge in [-0.3, -0.25) is 0 Å². The zero-order valence-electron chi connectivity index (χ0n) is 20.7. The van der Waals surface area contributed by atoms with Crippen molar-refractivity contribution in [3.8, 4) is 22.5 Å². The van der Waals surface area contributed by atoms with Crippen molar-refractivity contribution in [3.63, 3.8) is 0 Å². The maximum Gasteiger partial charge on any atom is 0.120 e. The maximum absolute atomic E-state index is 6.00. The number of benzene rings is 3. The molecule has 0 unspecified atom stereocenters. The van der Waals surface area contributed by atoms with Crippen LogP contribution in [0.3, 0.4) is 0 Å². The zero-order chi connectivity index (χ0) is 24.4. The Kier molecular flexibility index (Phi) is 7.78. The minimum Gasteiger partial charge on any atom is -0.501 e. The van der Waals surface area contributed by atoms with E-state index in [4.69, 9.17) is 4.42 Å². The number of hydrogen-bond donors (Lipinski definition) is 0. The molecule has 0 N–H and O–H groups in total. The molecule has 0 saturated carbocycles. The molecule has 0 saturated heterocycles. The molecule has 181 valence electrons. The number of rotatable bonds is 2. The van der Waals surface area contributed by atoms with Crippen molar-refractivity contribution in [2.75, 3.05) is 0 Å². The fraction of sp³-hybridized carbons (Fsp3) is 0.125. The summed E-state index contributed by atoms with van der Waals surface area (Å²) in [5.74, 6) is 0. The van der Waals surface area contributed by atoms with E-state index in [1.807, 2.05) is 61.8 Å². The SMILES string of the molecule is Cc1c[c-]c(-c2cc(C)c(C)cn2)cc1.Cc1ccc(-c2[c-]ccc3c2oc2ccccc23)nc1.[Ir]. The Morgan fingerprint density at radius 3 is 2.19 bits per heavy atom. The molecule has 4 heteroatoms. The van der Waals surface area contributed by atoms with Gasteiger partial charge in [0, 0.05) is 37.9 Å². The molecule has 0 fully saturated rings. The van der Waals surface area contributed by atoms with Crippen LogP contribution >= 0.6 is 0 Å². The Morgan fingerprint density at radius 1 is 0.694 bits per heavy atom. The summed E-state index contributed by atoms with van der Waals surface area (Å²) < 4.78 is 6.00. The molecule has 6 aromatic rings. The molecule has 3 nitrogen and oxygen atoms in total. The van der Waals surface area contributed by atoms with Crippen molar-refractivity contribution >= 4 is 21.9 Å². The maximum atomic E-state index is 6.00. The Hall–Kier alpha value is -3.59.